The summed E-state index contributed by atoms with van der Waals surface area (Å²) >= 11 is 0. The molecule has 0 aliphatic heterocycles. The van der Waals surface area contributed by atoms with Crippen LogP contribution in [0.25, 0.3) is 28.2 Å². The van der Waals surface area contributed by atoms with Crippen molar-refractivity contribution in [2.75, 3.05) is 13.7 Å². The number of benzene rings is 3. The van der Waals surface area contributed by atoms with Crippen molar-refractivity contribution >= 4 is 17.1 Å². The Hall–Kier alpha value is -5.18. The zero-order valence-corrected chi connectivity index (χ0v) is 21.5. The van der Waals surface area contributed by atoms with E-state index in [-0.39, 0.29) is 29.2 Å². The van der Waals surface area contributed by atoms with Gasteiger partial charge in [0.1, 0.15) is 22.8 Å². The quantitative estimate of drug-likeness (QED) is 0.152. The molecule has 0 amide bonds. The number of para-hydroxylation sites is 3. The maximum absolute atomic E-state index is 13.8. The molecule has 9 heteroatoms. The second kappa shape index (κ2) is 11.1. The van der Waals surface area contributed by atoms with Gasteiger partial charge in [-0.2, -0.15) is 0 Å². The van der Waals surface area contributed by atoms with Gasteiger partial charge in [0.25, 0.3) is 0 Å². The molecule has 196 valence electrons. The zero-order valence-electron chi connectivity index (χ0n) is 21.5. The lowest BCUT2D eigenvalue weighted by molar-refractivity contribution is 0.0730. The number of fused-ring (bicyclic) bond motifs is 1. The summed E-state index contributed by atoms with van der Waals surface area (Å²) in [6.45, 7) is 6.34. The summed E-state index contributed by atoms with van der Waals surface area (Å²) in [7, 11) is 1.52. The fourth-order valence-corrected chi connectivity index (χ4v) is 4.27. The first-order valence-corrected chi connectivity index (χ1v) is 12.3. The van der Waals surface area contributed by atoms with Gasteiger partial charge < -0.3 is 14.2 Å². The van der Waals surface area contributed by atoms with Crippen LogP contribution in [0.4, 0.5) is 0 Å². The summed E-state index contributed by atoms with van der Waals surface area (Å²) in [6, 6.07) is 22.9. The molecule has 0 saturated heterocycles. The van der Waals surface area contributed by atoms with Crippen molar-refractivity contribution in [2.24, 2.45) is 0 Å². The van der Waals surface area contributed by atoms with Crippen molar-refractivity contribution in [3.05, 3.63) is 108 Å². The van der Waals surface area contributed by atoms with E-state index in [0.717, 1.165) is 0 Å². The maximum atomic E-state index is 13.8. The predicted molar refractivity (Wildman–Crippen MR) is 148 cm³/mol. The SMILES string of the molecule is C=CCn1c(=O)n(-c2ccccc2OC)c2nc(-c3ccc(OCC)cc3)nc(C(=O)Oc3ccccc3)c21. The van der Waals surface area contributed by atoms with E-state index in [1.165, 1.54) is 16.2 Å². The van der Waals surface area contributed by atoms with E-state index in [4.69, 9.17) is 19.2 Å². The minimum absolute atomic E-state index is 0.0552. The zero-order chi connectivity index (χ0) is 27.4. The Morgan fingerprint density at radius 2 is 1.67 bits per heavy atom. The number of methoxy groups -OCH3 is 1. The summed E-state index contributed by atoms with van der Waals surface area (Å²) < 4.78 is 19.6. The third kappa shape index (κ3) is 4.89. The lowest BCUT2D eigenvalue weighted by Crippen LogP contribution is -2.23. The summed E-state index contributed by atoms with van der Waals surface area (Å²) in [5.41, 5.74) is 1.06. The average molecular weight is 523 g/mol. The van der Waals surface area contributed by atoms with Gasteiger partial charge in [-0.25, -0.2) is 24.1 Å². The van der Waals surface area contributed by atoms with Crippen LogP contribution in [0.15, 0.2) is 96.3 Å². The number of rotatable bonds is 9. The lowest BCUT2D eigenvalue weighted by Gasteiger charge is -2.11. The van der Waals surface area contributed by atoms with Crippen LogP contribution in [-0.2, 0) is 6.54 Å². The minimum Gasteiger partial charge on any atom is -0.495 e. The van der Waals surface area contributed by atoms with Gasteiger partial charge in [0.05, 0.1) is 19.4 Å². The number of ether oxygens (including phenoxy) is 3. The third-order valence-electron chi connectivity index (χ3n) is 5.98. The third-order valence-corrected chi connectivity index (χ3v) is 5.98. The lowest BCUT2D eigenvalue weighted by atomic mass is 10.2. The Morgan fingerprint density at radius 1 is 0.949 bits per heavy atom. The number of hydrogen-bond donors (Lipinski definition) is 0. The van der Waals surface area contributed by atoms with Crippen molar-refractivity contribution in [3.8, 4) is 34.3 Å². The number of nitrogens with zero attached hydrogens (tertiary/aromatic N) is 4. The molecule has 0 fully saturated rings. The maximum Gasteiger partial charge on any atom is 0.364 e. The largest absolute Gasteiger partial charge is 0.495 e. The summed E-state index contributed by atoms with van der Waals surface area (Å²) in [4.78, 5) is 36.8. The van der Waals surface area contributed by atoms with Gasteiger partial charge in [-0.1, -0.05) is 36.4 Å². The molecule has 0 saturated carbocycles. The molecule has 0 atom stereocenters. The first kappa shape index (κ1) is 25.5. The molecule has 39 heavy (non-hydrogen) atoms. The molecule has 0 bridgehead atoms. The van der Waals surface area contributed by atoms with E-state index in [1.807, 2.05) is 13.0 Å². The van der Waals surface area contributed by atoms with Crippen LogP contribution in [0, 0.1) is 0 Å². The van der Waals surface area contributed by atoms with Gasteiger partial charge in [-0.3, -0.25) is 4.57 Å². The summed E-state index contributed by atoms with van der Waals surface area (Å²) in [6.07, 6.45) is 1.57. The molecule has 5 rings (SSSR count). The Balaban J connectivity index is 1.81. The highest BCUT2D eigenvalue weighted by Gasteiger charge is 2.27. The first-order chi connectivity index (χ1) is 19.0. The Bertz CT molecular complexity index is 1710. The first-order valence-electron chi connectivity index (χ1n) is 12.3. The monoisotopic (exact) mass is 522 g/mol. The Labute approximate surface area is 224 Å². The summed E-state index contributed by atoms with van der Waals surface area (Å²) in [5, 5.41) is 0. The number of imidazole rings is 1. The molecule has 5 aromatic rings. The molecule has 9 nitrogen and oxygen atoms in total. The van der Waals surface area contributed by atoms with Crippen LogP contribution >= 0.6 is 0 Å². The number of carbonyl (C=O) groups is 1. The number of hydrogen-bond acceptors (Lipinski definition) is 7. The Kier molecular flexibility index (Phi) is 7.22. The van der Waals surface area contributed by atoms with Gasteiger partial charge in [0.2, 0.25) is 0 Å². The molecule has 3 aromatic carbocycles. The average Bonchev–Trinajstić information content (AvgIpc) is 3.24. The standard InChI is InChI=1S/C30H26N4O5/c1-4-19-33-26-25(29(35)39-22-11-7-6-8-12-22)31-27(20-15-17-21(18-16-20)38-5-2)32-28(26)34(30(33)36)23-13-9-10-14-24(23)37-3/h4,6-18H,1,5,19H2,2-3H3. The van der Waals surface area contributed by atoms with Crippen molar-refractivity contribution in [1.82, 2.24) is 19.1 Å². The van der Waals surface area contributed by atoms with Crippen LogP contribution in [0.1, 0.15) is 17.4 Å². The fourth-order valence-electron chi connectivity index (χ4n) is 4.27. The van der Waals surface area contributed by atoms with Gasteiger partial charge in [0.15, 0.2) is 17.2 Å². The molecule has 0 N–H and O–H groups in total. The molecule has 2 aromatic heterocycles. The second-order valence-corrected chi connectivity index (χ2v) is 8.42. The van der Waals surface area contributed by atoms with Gasteiger partial charge in [-0.15, -0.1) is 6.58 Å². The van der Waals surface area contributed by atoms with Crippen LogP contribution in [-0.4, -0.2) is 38.8 Å². The van der Waals surface area contributed by atoms with E-state index < -0.39 is 11.7 Å². The number of esters is 1. The topological polar surface area (TPSA) is 97.5 Å². The smallest absolute Gasteiger partial charge is 0.364 e. The van der Waals surface area contributed by atoms with Crippen LogP contribution in [0.2, 0.25) is 0 Å². The second-order valence-electron chi connectivity index (χ2n) is 8.42. The van der Waals surface area contributed by atoms with Crippen LogP contribution < -0.4 is 19.9 Å². The highest BCUT2D eigenvalue weighted by Crippen LogP contribution is 2.29. The van der Waals surface area contributed by atoms with Gasteiger partial charge >= 0.3 is 11.7 Å². The van der Waals surface area contributed by atoms with Gasteiger partial charge in [0, 0.05) is 12.1 Å². The molecular formula is C30H26N4O5. The van der Waals surface area contributed by atoms with Crippen molar-refractivity contribution in [3.63, 3.8) is 0 Å². The van der Waals surface area contributed by atoms with Crippen LogP contribution in [0.5, 0.6) is 17.2 Å². The van der Waals surface area contributed by atoms with Crippen molar-refractivity contribution < 1.29 is 19.0 Å². The van der Waals surface area contributed by atoms with E-state index in [9.17, 15) is 9.59 Å². The molecule has 0 aliphatic rings. The predicted octanol–water partition coefficient (Wildman–Crippen LogP) is 5.06. The van der Waals surface area contributed by atoms with Gasteiger partial charge in [-0.05, 0) is 55.5 Å². The molecule has 0 aliphatic carbocycles. The molecule has 0 radical (unpaired) electrons. The van der Waals surface area contributed by atoms with Crippen LogP contribution in [0.3, 0.4) is 0 Å². The van der Waals surface area contributed by atoms with E-state index in [0.29, 0.717) is 35.1 Å². The van der Waals surface area contributed by atoms with Crippen molar-refractivity contribution in [1.29, 1.82) is 0 Å². The van der Waals surface area contributed by atoms with E-state index in [2.05, 4.69) is 11.6 Å². The minimum atomic E-state index is -0.726. The molecule has 2 heterocycles. The van der Waals surface area contributed by atoms with Crippen molar-refractivity contribution in [2.45, 2.75) is 13.5 Å². The van der Waals surface area contributed by atoms with E-state index >= 15 is 0 Å². The van der Waals surface area contributed by atoms with E-state index in [1.54, 1.807) is 78.9 Å². The summed E-state index contributed by atoms with van der Waals surface area (Å²) in [5.74, 6) is 1.01. The number of carbonyl (C=O) groups excluding carboxylic acids is 1. The Morgan fingerprint density at radius 3 is 2.36 bits per heavy atom. The molecule has 0 unspecified atom stereocenters. The normalized spacial score (nSPS) is 10.8. The fraction of sp³-hybridized carbons (Fsp3) is 0.133. The number of aromatic nitrogens is 4. The highest BCUT2D eigenvalue weighted by molar-refractivity contribution is 6.01. The molecular weight excluding hydrogens is 496 g/mol. The molecule has 0 spiro atoms. The highest BCUT2D eigenvalue weighted by atomic mass is 16.5. The number of allylic oxidation sites excluding steroid dienone is 1.